The monoisotopic (exact) mass is 215 g/mol. The lowest BCUT2D eigenvalue weighted by Gasteiger charge is -2.13. The number of nitrogens with zero attached hydrogens (tertiary/aromatic N) is 1. The third-order valence-electron chi connectivity index (χ3n) is 2.59. The third-order valence-corrected chi connectivity index (χ3v) is 2.59. The second-order valence-corrected chi connectivity index (χ2v) is 3.91. The first-order valence-corrected chi connectivity index (χ1v) is 5.23. The van der Waals surface area contributed by atoms with Crippen LogP contribution in [0.4, 0.5) is 5.69 Å². The number of carbonyl (C=O) groups is 1. The van der Waals surface area contributed by atoms with Crippen LogP contribution in [0.2, 0.25) is 0 Å². The third kappa shape index (κ3) is 2.37. The number of hydrogen-bond acceptors (Lipinski definition) is 2. The van der Waals surface area contributed by atoms with Crippen molar-refractivity contribution in [3.63, 3.8) is 0 Å². The molecule has 3 heteroatoms. The van der Waals surface area contributed by atoms with Crippen molar-refractivity contribution in [3.8, 4) is 0 Å². The Labute approximate surface area is 94.1 Å². The quantitative estimate of drug-likeness (QED) is 0.771. The fraction of sp³-hybridized carbons (Fsp3) is 0.231. The van der Waals surface area contributed by atoms with Gasteiger partial charge in [-0.25, -0.2) is 4.79 Å². The van der Waals surface area contributed by atoms with Crippen LogP contribution >= 0.6 is 0 Å². The second kappa shape index (κ2) is 4.31. The summed E-state index contributed by atoms with van der Waals surface area (Å²) >= 11 is 0. The molecule has 0 fully saturated rings. The smallest absolute Gasteiger partial charge is 0.328 e. The van der Waals surface area contributed by atoms with Gasteiger partial charge >= 0.3 is 5.97 Å². The van der Waals surface area contributed by atoms with Crippen LogP contribution < -0.4 is 0 Å². The van der Waals surface area contributed by atoms with Crippen molar-refractivity contribution in [2.45, 2.75) is 19.8 Å². The summed E-state index contributed by atoms with van der Waals surface area (Å²) in [5, 5.41) is 8.54. The Hall–Kier alpha value is -1.90. The predicted octanol–water partition coefficient (Wildman–Crippen LogP) is 2.82. The lowest BCUT2D eigenvalue weighted by atomic mass is 10.00. The molecule has 0 aromatic heterocycles. The van der Waals surface area contributed by atoms with E-state index < -0.39 is 5.97 Å². The molecule has 0 aliphatic carbocycles. The number of aliphatic imine (C=N–C) groups is 1. The molecule has 0 saturated carbocycles. The Balaban J connectivity index is 2.30. The number of hydrogen-bond donors (Lipinski definition) is 1. The number of benzene rings is 1. The molecule has 0 radical (unpaired) electrons. The molecule has 1 N–H and O–H groups in total. The number of aliphatic carboxylic acids is 1. The van der Waals surface area contributed by atoms with Gasteiger partial charge in [0.15, 0.2) is 0 Å². The standard InChI is InChI=1S/C13H13NO2/c1-9-2-5-11-8-10(4-7-13(15)16)3-6-12(11)14-9/h3-4,6-8H,2,5H2,1H3,(H,15,16). The van der Waals surface area contributed by atoms with Gasteiger partial charge in [0.25, 0.3) is 0 Å². The summed E-state index contributed by atoms with van der Waals surface area (Å²) in [6.07, 6.45) is 4.73. The van der Waals surface area contributed by atoms with Crippen LogP contribution in [0.15, 0.2) is 29.3 Å². The highest BCUT2D eigenvalue weighted by atomic mass is 16.4. The van der Waals surface area contributed by atoms with E-state index >= 15 is 0 Å². The van der Waals surface area contributed by atoms with E-state index in [1.54, 1.807) is 6.08 Å². The molecule has 0 bridgehead atoms. The number of rotatable bonds is 2. The van der Waals surface area contributed by atoms with Crippen LogP contribution in [0, 0.1) is 0 Å². The fourth-order valence-electron chi connectivity index (χ4n) is 1.76. The molecule has 1 aliphatic heterocycles. The normalized spacial score (nSPS) is 14.7. The number of carboxylic acids is 1. The van der Waals surface area contributed by atoms with E-state index in [1.807, 2.05) is 25.1 Å². The Morgan fingerprint density at radius 1 is 1.44 bits per heavy atom. The fourth-order valence-corrected chi connectivity index (χ4v) is 1.76. The Kier molecular flexibility index (Phi) is 2.86. The van der Waals surface area contributed by atoms with Crippen molar-refractivity contribution in [2.24, 2.45) is 4.99 Å². The Morgan fingerprint density at radius 3 is 3.00 bits per heavy atom. The van der Waals surface area contributed by atoms with Crippen molar-refractivity contribution in [3.05, 3.63) is 35.4 Å². The van der Waals surface area contributed by atoms with E-state index in [2.05, 4.69) is 4.99 Å². The zero-order valence-corrected chi connectivity index (χ0v) is 9.10. The average molecular weight is 215 g/mol. The minimum absolute atomic E-state index is 0.913. The molecular formula is C13H13NO2. The molecule has 0 atom stereocenters. The van der Waals surface area contributed by atoms with Gasteiger partial charge in [0.05, 0.1) is 5.69 Å². The maximum atomic E-state index is 10.4. The van der Waals surface area contributed by atoms with Crippen molar-refractivity contribution in [1.82, 2.24) is 0 Å². The van der Waals surface area contributed by atoms with Crippen molar-refractivity contribution in [1.29, 1.82) is 0 Å². The van der Waals surface area contributed by atoms with E-state index in [0.29, 0.717) is 0 Å². The molecule has 82 valence electrons. The van der Waals surface area contributed by atoms with Gasteiger partial charge in [-0.05, 0) is 49.1 Å². The minimum atomic E-state index is -0.924. The lowest BCUT2D eigenvalue weighted by Crippen LogP contribution is -2.01. The first-order chi connectivity index (χ1) is 7.65. The SMILES string of the molecule is CC1=Nc2ccc(C=CC(=O)O)cc2CC1. The molecule has 16 heavy (non-hydrogen) atoms. The molecule has 0 unspecified atom stereocenters. The van der Waals surface area contributed by atoms with Gasteiger partial charge in [-0.3, -0.25) is 4.99 Å². The number of carboxylic acid groups (broad SMARTS) is 1. The molecule has 0 saturated heterocycles. The maximum Gasteiger partial charge on any atom is 0.328 e. The molecule has 0 amide bonds. The summed E-state index contributed by atoms with van der Waals surface area (Å²) in [6, 6.07) is 5.84. The maximum absolute atomic E-state index is 10.4. The van der Waals surface area contributed by atoms with Crippen LogP contribution in [0.1, 0.15) is 24.5 Å². The van der Waals surface area contributed by atoms with Crippen LogP contribution in [0.3, 0.4) is 0 Å². The van der Waals surface area contributed by atoms with Crippen molar-refractivity contribution >= 4 is 23.4 Å². The van der Waals surface area contributed by atoms with E-state index in [4.69, 9.17) is 5.11 Å². The van der Waals surface area contributed by atoms with Gasteiger partial charge in [0.2, 0.25) is 0 Å². The van der Waals surface area contributed by atoms with Crippen LogP contribution in [0.25, 0.3) is 6.08 Å². The highest BCUT2D eigenvalue weighted by molar-refractivity contribution is 5.88. The first-order valence-electron chi connectivity index (χ1n) is 5.23. The summed E-state index contributed by atoms with van der Waals surface area (Å²) in [7, 11) is 0. The summed E-state index contributed by atoms with van der Waals surface area (Å²) in [6.45, 7) is 2.03. The van der Waals surface area contributed by atoms with Gasteiger partial charge in [-0.2, -0.15) is 0 Å². The van der Waals surface area contributed by atoms with Gasteiger partial charge in [-0.15, -0.1) is 0 Å². The molecular weight excluding hydrogens is 202 g/mol. The average Bonchev–Trinajstić information content (AvgIpc) is 2.26. The lowest BCUT2D eigenvalue weighted by molar-refractivity contribution is -0.131. The van der Waals surface area contributed by atoms with E-state index in [-0.39, 0.29) is 0 Å². The Bertz CT molecular complexity index is 487. The molecule has 2 rings (SSSR count). The summed E-state index contributed by atoms with van der Waals surface area (Å²) < 4.78 is 0. The van der Waals surface area contributed by atoms with Gasteiger partial charge in [-0.1, -0.05) is 6.07 Å². The summed E-state index contributed by atoms with van der Waals surface area (Å²) in [5.74, 6) is -0.924. The van der Waals surface area contributed by atoms with Crippen LogP contribution in [-0.4, -0.2) is 16.8 Å². The van der Waals surface area contributed by atoms with E-state index in [1.165, 1.54) is 5.56 Å². The molecule has 1 aromatic rings. The zero-order chi connectivity index (χ0) is 11.5. The van der Waals surface area contributed by atoms with Crippen molar-refractivity contribution in [2.75, 3.05) is 0 Å². The minimum Gasteiger partial charge on any atom is -0.478 e. The highest BCUT2D eigenvalue weighted by Crippen LogP contribution is 2.27. The molecule has 1 aromatic carbocycles. The van der Waals surface area contributed by atoms with Gasteiger partial charge in [0, 0.05) is 11.8 Å². The zero-order valence-electron chi connectivity index (χ0n) is 9.10. The Morgan fingerprint density at radius 2 is 2.25 bits per heavy atom. The number of fused-ring (bicyclic) bond motifs is 1. The highest BCUT2D eigenvalue weighted by Gasteiger charge is 2.08. The van der Waals surface area contributed by atoms with Crippen LogP contribution in [0.5, 0.6) is 0 Å². The van der Waals surface area contributed by atoms with Gasteiger partial charge < -0.3 is 5.11 Å². The summed E-state index contributed by atoms with van der Waals surface area (Å²) in [5.41, 5.74) is 4.27. The molecule has 3 nitrogen and oxygen atoms in total. The van der Waals surface area contributed by atoms with E-state index in [9.17, 15) is 4.79 Å². The van der Waals surface area contributed by atoms with Gasteiger partial charge in [0.1, 0.15) is 0 Å². The first kappa shape index (κ1) is 10.6. The van der Waals surface area contributed by atoms with Crippen LogP contribution in [-0.2, 0) is 11.2 Å². The number of aryl methyl sites for hydroxylation is 1. The largest absolute Gasteiger partial charge is 0.478 e. The molecule has 1 aliphatic rings. The molecule has 0 spiro atoms. The summed E-state index contributed by atoms with van der Waals surface area (Å²) in [4.78, 5) is 14.9. The molecule has 1 heterocycles. The topological polar surface area (TPSA) is 49.7 Å². The predicted molar refractivity (Wildman–Crippen MR) is 64.2 cm³/mol. The van der Waals surface area contributed by atoms with Crippen molar-refractivity contribution < 1.29 is 9.90 Å². The van der Waals surface area contributed by atoms with E-state index in [0.717, 1.165) is 35.9 Å². The second-order valence-electron chi connectivity index (χ2n) is 3.91.